The van der Waals surface area contributed by atoms with Crippen LogP contribution in [-0.2, 0) is 6.54 Å². The molecule has 0 unspecified atom stereocenters. The van der Waals surface area contributed by atoms with Crippen molar-refractivity contribution in [3.63, 3.8) is 0 Å². The van der Waals surface area contributed by atoms with Crippen LogP contribution in [-0.4, -0.2) is 24.6 Å². The third-order valence-electron chi connectivity index (χ3n) is 2.08. The molecule has 15 heavy (non-hydrogen) atoms. The predicted octanol–water partition coefficient (Wildman–Crippen LogP) is 0.464. The van der Waals surface area contributed by atoms with Gasteiger partial charge >= 0.3 is 0 Å². The highest BCUT2D eigenvalue weighted by atomic mass is 16.1. The maximum absolute atomic E-state index is 10.8. The summed E-state index contributed by atoms with van der Waals surface area (Å²) in [6.07, 6.45) is 2.91. The van der Waals surface area contributed by atoms with Crippen LogP contribution in [0.2, 0.25) is 0 Å². The maximum Gasteiger partial charge on any atom is 0.247 e. The maximum atomic E-state index is 10.8. The summed E-state index contributed by atoms with van der Waals surface area (Å²) >= 11 is 0. The molecule has 0 spiro atoms. The van der Waals surface area contributed by atoms with Gasteiger partial charge in [0, 0.05) is 31.9 Å². The Bertz CT molecular complexity index is 301. The third-order valence-corrected chi connectivity index (χ3v) is 2.08. The van der Waals surface area contributed by atoms with Crippen LogP contribution in [0.4, 0.5) is 0 Å². The van der Waals surface area contributed by atoms with Gasteiger partial charge in [0.15, 0.2) is 0 Å². The first-order chi connectivity index (χ1) is 7.33. The zero-order chi connectivity index (χ0) is 10.9. The minimum absolute atomic E-state index is 0.0524. The lowest BCUT2D eigenvalue weighted by atomic mass is 10.3. The Morgan fingerprint density at radius 1 is 1.20 bits per heavy atom. The van der Waals surface area contributed by atoms with Gasteiger partial charge in [-0.25, -0.2) is 0 Å². The Labute approximate surface area is 90.1 Å². The van der Waals surface area contributed by atoms with Crippen molar-refractivity contribution in [1.82, 2.24) is 15.6 Å². The van der Waals surface area contributed by atoms with Gasteiger partial charge in [-0.15, -0.1) is 0 Å². The first-order valence-electron chi connectivity index (χ1n) is 5.42. The van der Waals surface area contributed by atoms with Crippen molar-refractivity contribution >= 4 is 0 Å². The molecule has 0 aliphatic rings. The fraction of sp³-hybridized carbons (Fsp3) is 0.545. The van der Waals surface area contributed by atoms with Gasteiger partial charge in [-0.05, 0) is 18.5 Å². The second-order valence-corrected chi connectivity index (χ2v) is 3.49. The van der Waals surface area contributed by atoms with E-state index in [9.17, 15) is 4.79 Å². The smallest absolute Gasteiger partial charge is 0.247 e. The summed E-state index contributed by atoms with van der Waals surface area (Å²) in [5.41, 5.74) is 1.05. The number of pyridine rings is 1. The lowest BCUT2D eigenvalue weighted by Gasteiger charge is -2.05. The Morgan fingerprint density at radius 2 is 2.00 bits per heavy atom. The first kappa shape index (κ1) is 11.9. The monoisotopic (exact) mass is 209 g/mol. The van der Waals surface area contributed by atoms with Crippen molar-refractivity contribution < 1.29 is 0 Å². The van der Waals surface area contributed by atoms with Crippen LogP contribution in [0.25, 0.3) is 0 Å². The molecule has 0 amide bonds. The van der Waals surface area contributed by atoms with E-state index in [1.165, 1.54) is 6.42 Å². The van der Waals surface area contributed by atoms with E-state index in [0.717, 1.165) is 31.7 Å². The molecular formula is C11H19N3O. The second kappa shape index (κ2) is 7.20. The van der Waals surface area contributed by atoms with Gasteiger partial charge in [0.2, 0.25) is 5.56 Å². The van der Waals surface area contributed by atoms with Crippen molar-refractivity contribution in [1.29, 1.82) is 0 Å². The average molecular weight is 209 g/mol. The summed E-state index contributed by atoms with van der Waals surface area (Å²) in [4.78, 5) is 13.4. The second-order valence-electron chi connectivity index (χ2n) is 3.49. The molecule has 0 saturated heterocycles. The number of hydrogen-bond acceptors (Lipinski definition) is 3. The standard InChI is InChI=1S/C11H19N3O/c1-2-5-12-6-7-13-8-10-3-4-11(15)14-9-10/h3-4,9,12-13H,2,5-8H2,1H3,(H,14,15). The first-order valence-corrected chi connectivity index (χ1v) is 5.42. The zero-order valence-corrected chi connectivity index (χ0v) is 9.18. The van der Waals surface area contributed by atoms with Gasteiger partial charge in [0.1, 0.15) is 0 Å². The van der Waals surface area contributed by atoms with Crippen molar-refractivity contribution in [3.05, 3.63) is 34.2 Å². The van der Waals surface area contributed by atoms with Crippen molar-refractivity contribution in [2.24, 2.45) is 0 Å². The number of nitrogens with one attached hydrogen (secondary N) is 3. The summed E-state index contributed by atoms with van der Waals surface area (Å²) < 4.78 is 0. The quantitative estimate of drug-likeness (QED) is 0.572. The van der Waals surface area contributed by atoms with Gasteiger partial charge < -0.3 is 15.6 Å². The molecule has 0 saturated carbocycles. The molecule has 4 nitrogen and oxygen atoms in total. The third kappa shape index (κ3) is 5.34. The molecule has 0 radical (unpaired) electrons. The fourth-order valence-electron chi connectivity index (χ4n) is 1.26. The Balaban J connectivity index is 2.10. The molecule has 0 bridgehead atoms. The van der Waals surface area contributed by atoms with Gasteiger partial charge in [-0.1, -0.05) is 13.0 Å². The van der Waals surface area contributed by atoms with E-state index in [2.05, 4.69) is 22.5 Å². The van der Waals surface area contributed by atoms with Crippen LogP contribution >= 0.6 is 0 Å². The van der Waals surface area contributed by atoms with E-state index in [0.29, 0.717) is 0 Å². The number of hydrogen-bond donors (Lipinski definition) is 3. The van der Waals surface area contributed by atoms with Crippen LogP contribution in [0.3, 0.4) is 0 Å². The Morgan fingerprint density at radius 3 is 2.67 bits per heavy atom. The minimum Gasteiger partial charge on any atom is -0.329 e. The number of rotatable bonds is 7. The molecule has 0 aliphatic carbocycles. The summed E-state index contributed by atoms with van der Waals surface area (Å²) in [5, 5.41) is 6.61. The average Bonchev–Trinajstić information content (AvgIpc) is 2.26. The largest absolute Gasteiger partial charge is 0.329 e. The molecule has 4 heteroatoms. The normalized spacial score (nSPS) is 10.5. The van der Waals surface area contributed by atoms with E-state index < -0.39 is 0 Å². The predicted molar refractivity (Wildman–Crippen MR) is 61.9 cm³/mol. The van der Waals surface area contributed by atoms with E-state index in [1.807, 2.05) is 6.07 Å². The van der Waals surface area contributed by atoms with Crippen LogP contribution in [0.15, 0.2) is 23.1 Å². The highest BCUT2D eigenvalue weighted by molar-refractivity contribution is 5.07. The molecule has 1 rings (SSSR count). The van der Waals surface area contributed by atoms with E-state index in [-0.39, 0.29) is 5.56 Å². The minimum atomic E-state index is -0.0524. The van der Waals surface area contributed by atoms with Crippen molar-refractivity contribution in [2.75, 3.05) is 19.6 Å². The Kier molecular flexibility index (Phi) is 5.73. The van der Waals surface area contributed by atoms with E-state index in [1.54, 1.807) is 12.3 Å². The SMILES string of the molecule is CCCNCCNCc1ccc(=O)[nH]c1. The molecule has 3 N–H and O–H groups in total. The summed E-state index contributed by atoms with van der Waals surface area (Å²) in [6.45, 7) is 5.95. The highest BCUT2D eigenvalue weighted by Gasteiger charge is 1.91. The van der Waals surface area contributed by atoms with Crippen LogP contribution in [0.5, 0.6) is 0 Å². The van der Waals surface area contributed by atoms with Gasteiger partial charge in [0.25, 0.3) is 0 Å². The molecular weight excluding hydrogens is 190 g/mol. The molecule has 1 aromatic rings. The number of H-pyrrole nitrogens is 1. The molecule has 0 fully saturated rings. The van der Waals surface area contributed by atoms with Crippen molar-refractivity contribution in [3.8, 4) is 0 Å². The zero-order valence-electron chi connectivity index (χ0n) is 9.18. The van der Waals surface area contributed by atoms with Crippen LogP contribution < -0.4 is 16.2 Å². The fourth-order valence-corrected chi connectivity index (χ4v) is 1.26. The van der Waals surface area contributed by atoms with Gasteiger partial charge in [-0.3, -0.25) is 4.79 Å². The molecule has 0 aromatic carbocycles. The van der Waals surface area contributed by atoms with Crippen molar-refractivity contribution in [2.45, 2.75) is 19.9 Å². The highest BCUT2D eigenvalue weighted by Crippen LogP contribution is 1.90. The van der Waals surface area contributed by atoms with Gasteiger partial charge in [-0.2, -0.15) is 0 Å². The van der Waals surface area contributed by atoms with Crippen LogP contribution in [0.1, 0.15) is 18.9 Å². The van der Waals surface area contributed by atoms with E-state index in [4.69, 9.17) is 0 Å². The Hall–Kier alpha value is -1.13. The molecule has 0 aliphatic heterocycles. The summed E-state index contributed by atoms with van der Waals surface area (Å²) in [6, 6.07) is 3.39. The molecule has 84 valence electrons. The number of aromatic amines is 1. The van der Waals surface area contributed by atoms with Crippen LogP contribution in [0, 0.1) is 0 Å². The molecule has 1 heterocycles. The lowest BCUT2D eigenvalue weighted by Crippen LogP contribution is -2.27. The topological polar surface area (TPSA) is 56.9 Å². The number of aromatic nitrogens is 1. The molecule has 0 atom stereocenters. The summed E-state index contributed by atoms with van der Waals surface area (Å²) in [7, 11) is 0. The van der Waals surface area contributed by atoms with Gasteiger partial charge in [0.05, 0.1) is 0 Å². The lowest BCUT2D eigenvalue weighted by molar-refractivity contribution is 0.606. The molecule has 1 aromatic heterocycles. The van der Waals surface area contributed by atoms with E-state index >= 15 is 0 Å². The summed E-state index contributed by atoms with van der Waals surface area (Å²) in [5.74, 6) is 0.